The van der Waals surface area contributed by atoms with E-state index in [-0.39, 0.29) is 91.7 Å². The second-order valence-corrected chi connectivity index (χ2v) is 0. The van der Waals surface area contributed by atoms with Crippen molar-refractivity contribution < 1.29 is 91.7 Å². The largest absolute Gasteiger partial charge is 0 e. The Kier molecular flexibility index (Phi) is 115. The Morgan fingerprint density at radius 1 is 0.750 bits per heavy atom. The van der Waals surface area contributed by atoms with Gasteiger partial charge in [-0.3, -0.25) is 0 Å². The molecule has 0 N–H and O–H groups in total. The molecule has 2 radical (unpaired) electrons. The van der Waals surface area contributed by atoms with E-state index in [0.717, 1.165) is 0 Å². The zero-order valence-electron chi connectivity index (χ0n) is 1.80. The van der Waals surface area contributed by atoms with Gasteiger partial charge in [-0.25, -0.2) is 0 Å². The van der Waals surface area contributed by atoms with Crippen LogP contribution in [0.5, 0.6) is 0 Å². The van der Waals surface area contributed by atoms with Crippen LogP contribution in [0.2, 0.25) is 0 Å². The molecule has 0 rings (SSSR count). The molecule has 0 unspecified atom stereocenters. The molecule has 0 fully saturated rings. The van der Waals surface area contributed by atoms with Crippen LogP contribution in [0, 0.1) is 0 Å². The predicted molar refractivity (Wildman–Crippen MR) is 0 cm³/mol. The van der Waals surface area contributed by atoms with Gasteiger partial charge in [0, 0.05) is 91.7 Å². The molecule has 0 aromatic carbocycles. The van der Waals surface area contributed by atoms with E-state index < -0.39 is 0 Å². The van der Waals surface area contributed by atoms with Gasteiger partial charge in [-0.15, -0.1) is 0 Å². The van der Waals surface area contributed by atoms with Crippen LogP contribution in [0.3, 0.4) is 0 Å². The third-order valence-electron chi connectivity index (χ3n) is 0. The van der Waals surface area contributed by atoms with Crippen molar-refractivity contribution in [3.63, 3.8) is 0 Å². The fourth-order valence-electron chi connectivity index (χ4n) is 0. The average molecular weight is 548 g/mol. The Bertz CT molecular complexity index is 6.00. The van der Waals surface area contributed by atoms with E-state index in [9.17, 15) is 0 Å². The minimum Gasteiger partial charge on any atom is 0 e. The van der Waals surface area contributed by atoms with Crippen LogP contribution in [0.15, 0.2) is 0 Å². The van der Waals surface area contributed by atoms with E-state index in [4.69, 9.17) is 0 Å². The molecular weight excluding hydrogens is 548 g/mol. The van der Waals surface area contributed by atoms with Crippen LogP contribution < -0.4 is 0 Å². The van der Waals surface area contributed by atoms with Crippen LogP contribution in [-0.2, 0) is 91.7 Å². The maximum Gasteiger partial charge on any atom is 0 e. The van der Waals surface area contributed by atoms with Gasteiger partial charge in [-0.1, -0.05) is 0 Å². The Morgan fingerprint density at radius 2 is 0.750 bits per heavy atom. The monoisotopic (exact) mass is 550 g/mol. The first-order valence-electron chi connectivity index (χ1n) is 0. The van der Waals surface area contributed by atoms with Crippen molar-refractivity contribution in [3.8, 4) is 0 Å². The summed E-state index contributed by atoms with van der Waals surface area (Å²) in [5.41, 5.74) is 0. The van der Waals surface area contributed by atoms with E-state index in [1.807, 2.05) is 0 Å². The van der Waals surface area contributed by atoms with Gasteiger partial charge in [-0.2, -0.15) is 0 Å². The first-order chi connectivity index (χ1) is 0. The van der Waals surface area contributed by atoms with E-state index in [1.54, 1.807) is 0 Å². The van der Waals surface area contributed by atoms with Crippen molar-refractivity contribution in [2.45, 2.75) is 0 Å². The molecule has 20 valence electrons. The van der Waals surface area contributed by atoms with E-state index in [0.29, 0.717) is 0 Å². The van der Waals surface area contributed by atoms with Crippen LogP contribution in [-0.4, -0.2) is 0 Å². The zero-order chi connectivity index (χ0) is 0. The molecular formula is HfNb2W. The topological polar surface area (TPSA) is 0 Å². The number of hydrogen-bond donors (Lipinski definition) is 0. The minimum atomic E-state index is 0. The van der Waals surface area contributed by atoms with Gasteiger partial charge in [0.05, 0.1) is 0 Å². The summed E-state index contributed by atoms with van der Waals surface area (Å²) in [6.07, 6.45) is 0. The van der Waals surface area contributed by atoms with Crippen molar-refractivity contribution in [1.82, 2.24) is 0 Å². The summed E-state index contributed by atoms with van der Waals surface area (Å²) in [5.74, 6) is 0. The zero-order valence-corrected chi connectivity index (χ0v) is 12.7. The van der Waals surface area contributed by atoms with Crippen LogP contribution in [0.25, 0.3) is 0 Å². The third kappa shape index (κ3) is 8.90. The van der Waals surface area contributed by atoms with Crippen molar-refractivity contribution in [2.24, 2.45) is 0 Å². The molecule has 0 spiro atoms. The fourth-order valence-corrected chi connectivity index (χ4v) is 0. The summed E-state index contributed by atoms with van der Waals surface area (Å²) < 4.78 is 0. The summed E-state index contributed by atoms with van der Waals surface area (Å²) in [6, 6.07) is 0. The van der Waals surface area contributed by atoms with Gasteiger partial charge in [0.1, 0.15) is 0 Å². The van der Waals surface area contributed by atoms with E-state index in [1.165, 1.54) is 0 Å². The van der Waals surface area contributed by atoms with Gasteiger partial charge in [-0.05, 0) is 0 Å². The normalized spacial score (nSPS) is 0. The quantitative estimate of drug-likeness (QED) is 0.374. The van der Waals surface area contributed by atoms with Gasteiger partial charge in [0.25, 0.3) is 0 Å². The second-order valence-electron chi connectivity index (χ2n) is 0. The molecule has 0 aliphatic heterocycles. The Labute approximate surface area is 89.9 Å². The van der Waals surface area contributed by atoms with E-state index >= 15 is 0 Å². The summed E-state index contributed by atoms with van der Waals surface area (Å²) in [6.45, 7) is 0. The van der Waals surface area contributed by atoms with Crippen LogP contribution in [0.1, 0.15) is 0 Å². The summed E-state index contributed by atoms with van der Waals surface area (Å²) >= 11 is 0. The SMILES string of the molecule is [Hf].[Nb].[Nb].[W]. The summed E-state index contributed by atoms with van der Waals surface area (Å²) in [7, 11) is 0. The standard InChI is InChI=1S/Hf.2Nb.W. The van der Waals surface area contributed by atoms with Crippen molar-refractivity contribution in [3.05, 3.63) is 0 Å². The van der Waals surface area contributed by atoms with Gasteiger partial charge in [0.15, 0.2) is 0 Å². The molecule has 0 bridgehead atoms. The summed E-state index contributed by atoms with van der Waals surface area (Å²) in [4.78, 5) is 0. The summed E-state index contributed by atoms with van der Waals surface area (Å²) in [5, 5.41) is 0. The Morgan fingerprint density at radius 3 is 0.750 bits per heavy atom. The fraction of sp³-hybridized carbons (Fsp3) is 0. The Balaban J connectivity index is 0. The first kappa shape index (κ1) is 27.8. The van der Waals surface area contributed by atoms with Gasteiger partial charge < -0.3 is 0 Å². The first-order valence-corrected chi connectivity index (χ1v) is 0. The van der Waals surface area contributed by atoms with Crippen LogP contribution in [0.4, 0.5) is 0 Å². The third-order valence-corrected chi connectivity index (χ3v) is 0. The van der Waals surface area contributed by atoms with Crippen molar-refractivity contribution >= 4 is 0 Å². The second kappa shape index (κ2) is 16.6. The maximum absolute atomic E-state index is 0. The molecule has 0 saturated heterocycles. The molecule has 0 aromatic rings. The predicted octanol–water partition coefficient (Wildman–Crippen LogP) is -0.0100. The molecule has 0 saturated carbocycles. The van der Waals surface area contributed by atoms with Crippen molar-refractivity contribution in [1.29, 1.82) is 0 Å². The molecule has 4 heavy (non-hydrogen) atoms. The number of rotatable bonds is 0. The van der Waals surface area contributed by atoms with Crippen LogP contribution >= 0.6 is 0 Å². The number of hydrogen-bond acceptors (Lipinski definition) is 0. The molecule has 0 aliphatic rings. The average Bonchev–Trinajstić information content (AvgIpc) is 0. The molecule has 0 aliphatic carbocycles. The van der Waals surface area contributed by atoms with Crippen molar-refractivity contribution in [2.75, 3.05) is 0 Å². The van der Waals surface area contributed by atoms with Gasteiger partial charge >= 0.3 is 0 Å². The Hall–Kier alpha value is 3.04. The molecule has 4 heteroatoms. The molecule has 0 atom stereocenters. The smallest absolute Gasteiger partial charge is 0 e. The van der Waals surface area contributed by atoms with Gasteiger partial charge in [0.2, 0.25) is 0 Å². The minimum absolute atomic E-state index is 0. The molecule has 0 heterocycles. The molecule has 0 nitrogen and oxygen atoms in total. The molecule has 0 aromatic heterocycles. The molecule has 0 amide bonds. The maximum atomic E-state index is 0. The van der Waals surface area contributed by atoms with E-state index in [2.05, 4.69) is 0 Å².